The number of aromatic nitrogens is 2. The lowest BCUT2D eigenvalue weighted by atomic mass is 10.0. The Morgan fingerprint density at radius 1 is 1.02 bits per heavy atom. The van der Waals surface area contributed by atoms with Crippen LogP contribution in [-0.2, 0) is 4.74 Å². The molecule has 1 aliphatic heterocycles. The highest BCUT2D eigenvalue weighted by molar-refractivity contribution is 6.41. The number of anilines is 4. The smallest absolute Gasteiger partial charge is 0.141 e. The number of pyridine rings is 2. The summed E-state index contributed by atoms with van der Waals surface area (Å²) in [6.45, 7) is 4.38. The number of aryl methyl sites for hydroxylation is 1. The van der Waals surface area contributed by atoms with Gasteiger partial charge in [0.15, 0.2) is 0 Å². The molecule has 0 radical (unpaired) electrons. The van der Waals surface area contributed by atoms with Crippen molar-refractivity contribution in [2.45, 2.75) is 19.8 Å². The number of rotatable bonds is 9. The van der Waals surface area contributed by atoms with Gasteiger partial charge >= 0.3 is 0 Å². The molecule has 210 valence electrons. The van der Waals surface area contributed by atoms with Crippen molar-refractivity contribution in [1.29, 1.82) is 0 Å². The van der Waals surface area contributed by atoms with Gasteiger partial charge in [0.05, 0.1) is 41.3 Å². The lowest BCUT2D eigenvalue weighted by Gasteiger charge is -2.23. The summed E-state index contributed by atoms with van der Waals surface area (Å²) in [7, 11) is 5.01. The van der Waals surface area contributed by atoms with Crippen molar-refractivity contribution in [3.63, 3.8) is 0 Å². The number of para-hydroxylation sites is 1. The second-order valence-electron chi connectivity index (χ2n) is 9.74. The molecular formula is C30H33Cl2N5O3. The lowest BCUT2D eigenvalue weighted by Crippen LogP contribution is -2.23. The third-order valence-electron chi connectivity index (χ3n) is 7.24. The third kappa shape index (κ3) is 5.70. The summed E-state index contributed by atoms with van der Waals surface area (Å²) in [4.78, 5) is 9.77. The molecule has 3 heterocycles. The van der Waals surface area contributed by atoms with Gasteiger partial charge in [-0.3, -0.25) is 0 Å². The maximum absolute atomic E-state index is 6.77. The largest absolute Gasteiger partial charge is 0.495 e. The minimum Gasteiger partial charge on any atom is -0.495 e. The van der Waals surface area contributed by atoms with Crippen molar-refractivity contribution in [1.82, 2.24) is 9.97 Å². The fraction of sp³-hybridized carbons (Fsp3) is 0.333. The maximum Gasteiger partial charge on any atom is 0.141 e. The number of halogens is 2. The van der Waals surface area contributed by atoms with E-state index >= 15 is 0 Å². The van der Waals surface area contributed by atoms with Gasteiger partial charge in [-0.25, -0.2) is 9.97 Å². The summed E-state index contributed by atoms with van der Waals surface area (Å²) >= 11 is 13.5. The number of nitrogens with one attached hydrogen (secondary N) is 3. The highest BCUT2D eigenvalue weighted by Crippen LogP contribution is 2.46. The standard InChI is InChI=1S/C30H33Cl2N5O3/c1-17-6-5-7-21(33-2)29(17)37-25-13-20-19(16-34-25)12-22(36-30(20)35-15-18-8-10-40-11-9-18)26-27(31)23(38-3)14-24(39-4)28(26)32/h5-7,12-14,16,18,33H,8-11,15H2,1-4H3,(H,34,37)(H,35,36). The van der Waals surface area contributed by atoms with E-state index in [1.807, 2.05) is 37.5 Å². The molecule has 2 aromatic heterocycles. The molecule has 3 N–H and O–H groups in total. The normalized spacial score (nSPS) is 13.8. The minimum atomic E-state index is 0.362. The molecule has 0 bridgehead atoms. The van der Waals surface area contributed by atoms with E-state index < -0.39 is 0 Å². The molecule has 4 aromatic rings. The average Bonchev–Trinajstić information content (AvgIpc) is 2.98. The van der Waals surface area contributed by atoms with Gasteiger partial charge in [0.2, 0.25) is 0 Å². The average molecular weight is 583 g/mol. The zero-order valence-corrected chi connectivity index (χ0v) is 24.5. The molecule has 8 nitrogen and oxygen atoms in total. The molecule has 10 heteroatoms. The van der Waals surface area contributed by atoms with E-state index in [0.29, 0.717) is 44.5 Å². The molecule has 0 amide bonds. The molecule has 2 aromatic carbocycles. The second-order valence-corrected chi connectivity index (χ2v) is 10.5. The molecule has 1 fully saturated rings. The SMILES string of the molecule is CNc1cccc(C)c1Nc1cc2c(NCC3CCOCC3)nc(-c3c(Cl)c(OC)cc(OC)c3Cl)cc2cn1. The van der Waals surface area contributed by atoms with Crippen molar-refractivity contribution in [3.05, 3.63) is 58.2 Å². The number of ether oxygens (including phenoxy) is 3. The Morgan fingerprint density at radius 3 is 2.42 bits per heavy atom. The van der Waals surface area contributed by atoms with E-state index in [1.54, 1.807) is 20.3 Å². The Morgan fingerprint density at radius 2 is 1.75 bits per heavy atom. The van der Waals surface area contributed by atoms with E-state index in [9.17, 15) is 0 Å². The van der Waals surface area contributed by atoms with Crippen LogP contribution in [0.4, 0.5) is 23.0 Å². The number of benzene rings is 2. The van der Waals surface area contributed by atoms with Gasteiger partial charge in [-0.1, -0.05) is 35.3 Å². The van der Waals surface area contributed by atoms with Crippen LogP contribution in [0.2, 0.25) is 10.0 Å². The summed E-state index contributed by atoms with van der Waals surface area (Å²) in [6.07, 6.45) is 3.84. The number of fused-ring (bicyclic) bond motifs is 1. The number of nitrogens with zero attached hydrogens (tertiary/aromatic N) is 2. The highest BCUT2D eigenvalue weighted by Gasteiger charge is 2.22. The van der Waals surface area contributed by atoms with Gasteiger partial charge < -0.3 is 30.2 Å². The van der Waals surface area contributed by atoms with Crippen LogP contribution < -0.4 is 25.4 Å². The summed E-state index contributed by atoms with van der Waals surface area (Å²) in [5, 5.41) is 12.9. The molecule has 5 rings (SSSR count). The zero-order valence-electron chi connectivity index (χ0n) is 23.0. The van der Waals surface area contributed by atoms with Crippen LogP contribution >= 0.6 is 23.2 Å². The number of hydrogen-bond acceptors (Lipinski definition) is 8. The van der Waals surface area contributed by atoms with Crippen LogP contribution in [0, 0.1) is 12.8 Å². The van der Waals surface area contributed by atoms with Gasteiger partial charge in [-0.05, 0) is 49.4 Å². The van der Waals surface area contributed by atoms with Crippen LogP contribution in [0.25, 0.3) is 22.0 Å². The van der Waals surface area contributed by atoms with Crippen molar-refractivity contribution in [2.75, 3.05) is 57.0 Å². The van der Waals surface area contributed by atoms with Crippen molar-refractivity contribution in [2.24, 2.45) is 5.92 Å². The Bertz CT molecular complexity index is 1500. The number of hydrogen-bond donors (Lipinski definition) is 3. The Labute approximate surface area is 244 Å². The molecule has 0 atom stereocenters. The van der Waals surface area contributed by atoms with Crippen molar-refractivity contribution < 1.29 is 14.2 Å². The fourth-order valence-corrected chi connectivity index (χ4v) is 5.64. The zero-order chi connectivity index (χ0) is 28.2. The minimum absolute atomic E-state index is 0.362. The van der Waals surface area contributed by atoms with E-state index in [1.165, 1.54) is 0 Å². The quantitative estimate of drug-likeness (QED) is 0.186. The molecule has 0 aliphatic carbocycles. The molecule has 0 saturated carbocycles. The van der Waals surface area contributed by atoms with Crippen molar-refractivity contribution in [3.8, 4) is 22.8 Å². The third-order valence-corrected chi connectivity index (χ3v) is 7.99. The summed E-state index contributed by atoms with van der Waals surface area (Å²) in [5.74, 6) is 2.82. The van der Waals surface area contributed by atoms with Crippen LogP contribution in [0.3, 0.4) is 0 Å². The Hall–Kier alpha value is -3.46. The first-order valence-electron chi connectivity index (χ1n) is 13.2. The van der Waals surface area contributed by atoms with E-state index in [2.05, 4.69) is 28.9 Å². The molecule has 1 aliphatic rings. The highest BCUT2D eigenvalue weighted by atomic mass is 35.5. The first kappa shape index (κ1) is 28.1. The van der Waals surface area contributed by atoms with Crippen LogP contribution in [-0.4, -0.2) is 51.0 Å². The molecule has 1 saturated heterocycles. The molecular weight excluding hydrogens is 549 g/mol. The fourth-order valence-electron chi connectivity index (χ4n) is 4.95. The van der Waals surface area contributed by atoms with Crippen LogP contribution in [0.15, 0.2) is 42.6 Å². The molecule has 0 spiro atoms. The monoisotopic (exact) mass is 581 g/mol. The number of methoxy groups -OCH3 is 2. The first-order chi connectivity index (χ1) is 19.4. The van der Waals surface area contributed by atoms with Crippen LogP contribution in [0.5, 0.6) is 11.5 Å². The first-order valence-corrected chi connectivity index (χ1v) is 14.0. The van der Waals surface area contributed by atoms with Gasteiger partial charge in [0.1, 0.15) is 23.1 Å². The predicted octanol–water partition coefficient (Wildman–Crippen LogP) is 7.55. The lowest BCUT2D eigenvalue weighted by molar-refractivity contribution is 0.0699. The molecule has 0 unspecified atom stereocenters. The summed E-state index contributed by atoms with van der Waals surface area (Å²) < 4.78 is 16.5. The Kier molecular flexibility index (Phi) is 8.69. The second kappa shape index (κ2) is 12.4. The van der Waals surface area contributed by atoms with E-state index in [-0.39, 0.29) is 0 Å². The van der Waals surface area contributed by atoms with Gasteiger partial charge in [0, 0.05) is 55.4 Å². The van der Waals surface area contributed by atoms with Crippen LogP contribution in [0.1, 0.15) is 18.4 Å². The predicted molar refractivity (Wildman–Crippen MR) is 164 cm³/mol. The van der Waals surface area contributed by atoms with Gasteiger partial charge in [-0.15, -0.1) is 0 Å². The molecule has 40 heavy (non-hydrogen) atoms. The van der Waals surface area contributed by atoms with E-state index in [0.717, 1.165) is 66.1 Å². The maximum atomic E-state index is 6.77. The van der Waals surface area contributed by atoms with Crippen molar-refractivity contribution >= 4 is 57.0 Å². The Balaban J connectivity index is 1.62. The topological polar surface area (TPSA) is 89.6 Å². The summed E-state index contributed by atoms with van der Waals surface area (Å²) in [5.41, 5.74) is 4.20. The van der Waals surface area contributed by atoms with Gasteiger partial charge in [-0.2, -0.15) is 0 Å². The summed E-state index contributed by atoms with van der Waals surface area (Å²) in [6, 6.07) is 11.7. The van der Waals surface area contributed by atoms with Gasteiger partial charge in [0.25, 0.3) is 0 Å². The van der Waals surface area contributed by atoms with E-state index in [4.69, 9.17) is 47.4 Å².